The smallest absolute Gasteiger partial charge is 0.285 e. The van der Waals surface area contributed by atoms with Gasteiger partial charge in [-0.2, -0.15) is 0 Å². The van der Waals surface area contributed by atoms with Crippen molar-refractivity contribution in [1.29, 1.82) is 0 Å². The zero-order valence-corrected chi connectivity index (χ0v) is 9.81. The van der Waals surface area contributed by atoms with E-state index >= 15 is 0 Å². The molecule has 0 saturated carbocycles. The monoisotopic (exact) mass is 209 g/mol. The van der Waals surface area contributed by atoms with Gasteiger partial charge in [-0.1, -0.05) is 12.1 Å². The van der Waals surface area contributed by atoms with E-state index in [1.165, 1.54) is 22.9 Å². The van der Waals surface area contributed by atoms with Gasteiger partial charge in [0.25, 0.3) is 5.24 Å². The molecule has 0 bridgehead atoms. The molecule has 3 heteroatoms. The van der Waals surface area contributed by atoms with Crippen LogP contribution in [0.1, 0.15) is 11.1 Å². The first-order chi connectivity index (χ1) is 6.52. The van der Waals surface area contributed by atoms with E-state index in [0.717, 1.165) is 4.90 Å². The average molecular weight is 209 g/mol. The van der Waals surface area contributed by atoms with Gasteiger partial charge in [-0.15, -0.1) is 0 Å². The molecule has 1 aromatic rings. The summed E-state index contributed by atoms with van der Waals surface area (Å²) in [5, 5.41) is 0.0682. The third-order valence-electron chi connectivity index (χ3n) is 2.12. The van der Waals surface area contributed by atoms with Crippen molar-refractivity contribution in [2.24, 2.45) is 0 Å². The number of rotatable bonds is 1. The number of hydrogen-bond donors (Lipinski definition) is 0. The zero-order chi connectivity index (χ0) is 10.7. The highest BCUT2D eigenvalue weighted by molar-refractivity contribution is 8.13. The van der Waals surface area contributed by atoms with Gasteiger partial charge in [0.2, 0.25) is 0 Å². The fraction of sp³-hybridized carbons (Fsp3) is 0.364. The predicted octanol–water partition coefficient (Wildman–Crippen LogP) is 3.08. The van der Waals surface area contributed by atoms with Gasteiger partial charge in [-0.05, 0) is 42.8 Å². The molecule has 0 spiro atoms. The summed E-state index contributed by atoms with van der Waals surface area (Å²) in [7, 11) is 3.53. The molecule has 0 radical (unpaired) electrons. The maximum atomic E-state index is 11.5. The van der Waals surface area contributed by atoms with Gasteiger partial charge < -0.3 is 4.90 Å². The van der Waals surface area contributed by atoms with Crippen LogP contribution in [0.3, 0.4) is 0 Å². The van der Waals surface area contributed by atoms with Crippen LogP contribution in [0.15, 0.2) is 23.1 Å². The largest absolute Gasteiger partial charge is 0.339 e. The fourth-order valence-corrected chi connectivity index (χ4v) is 1.85. The van der Waals surface area contributed by atoms with Crippen molar-refractivity contribution in [2.75, 3.05) is 14.1 Å². The molecule has 0 aliphatic rings. The van der Waals surface area contributed by atoms with Crippen molar-refractivity contribution < 1.29 is 4.79 Å². The summed E-state index contributed by atoms with van der Waals surface area (Å²) in [5.41, 5.74) is 2.41. The number of amides is 1. The molecule has 14 heavy (non-hydrogen) atoms. The second kappa shape index (κ2) is 4.51. The standard InChI is InChI=1S/C11H15NOS/c1-8-6-5-7-10(9(8)2)14-11(13)12(3)4/h5-7H,1-4H3. The molecule has 0 aliphatic carbocycles. The van der Waals surface area contributed by atoms with Gasteiger partial charge in [0.05, 0.1) is 0 Å². The highest BCUT2D eigenvalue weighted by Crippen LogP contribution is 2.25. The normalized spacial score (nSPS) is 10.0. The Morgan fingerprint density at radius 1 is 1.29 bits per heavy atom. The Hall–Kier alpha value is -0.960. The molecular weight excluding hydrogens is 194 g/mol. The van der Waals surface area contributed by atoms with Gasteiger partial charge in [-0.3, -0.25) is 4.79 Å². The molecule has 76 valence electrons. The Labute approximate surface area is 89.3 Å². The highest BCUT2D eigenvalue weighted by Gasteiger charge is 2.09. The summed E-state index contributed by atoms with van der Waals surface area (Å²) >= 11 is 1.28. The van der Waals surface area contributed by atoms with Crippen molar-refractivity contribution in [3.8, 4) is 0 Å². The number of hydrogen-bond acceptors (Lipinski definition) is 2. The van der Waals surface area contributed by atoms with Gasteiger partial charge in [0, 0.05) is 19.0 Å². The van der Waals surface area contributed by atoms with Gasteiger partial charge >= 0.3 is 0 Å². The number of carbonyl (C=O) groups excluding carboxylic acids is 1. The second-order valence-electron chi connectivity index (χ2n) is 3.46. The van der Waals surface area contributed by atoms with Crippen LogP contribution in [0.4, 0.5) is 4.79 Å². The van der Waals surface area contributed by atoms with Gasteiger partial charge in [0.15, 0.2) is 0 Å². The Bertz CT molecular complexity index is 347. The minimum atomic E-state index is 0.0682. The molecule has 0 aromatic heterocycles. The summed E-state index contributed by atoms with van der Waals surface area (Å²) in [5.74, 6) is 0. The average Bonchev–Trinajstić information content (AvgIpc) is 2.12. The lowest BCUT2D eigenvalue weighted by atomic mass is 10.1. The molecule has 2 nitrogen and oxygen atoms in total. The number of benzene rings is 1. The van der Waals surface area contributed by atoms with E-state index in [4.69, 9.17) is 0 Å². The van der Waals surface area contributed by atoms with E-state index in [-0.39, 0.29) is 5.24 Å². The van der Waals surface area contributed by atoms with E-state index in [0.29, 0.717) is 0 Å². The first-order valence-electron chi connectivity index (χ1n) is 4.47. The first-order valence-corrected chi connectivity index (χ1v) is 5.29. The number of nitrogens with zero attached hydrogens (tertiary/aromatic N) is 1. The number of thioether (sulfide) groups is 1. The van der Waals surface area contributed by atoms with E-state index in [1.54, 1.807) is 19.0 Å². The van der Waals surface area contributed by atoms with Crippen LogP contribution in [0.2, 0.25) is 0 Å². The molecule has 0 unspecified atom stereocenters. The Morgan fingerprint density at radius 3 is 2.50 bits per heavy atom. The third-order valence-corrected chi connectivity index (χ3v) is 3.32. The molecule has 0 N–H and O–H groups in total. The summed E-state index contributed by atoms with van der Waals surface area (Å²) < 4.78 is 0. The molecule has 1 amide bonds. The quantitative estimate of drug-likeness (QED) is 0.662. The van der Waals surface area contributed by atoms with Gasteiger partial charge in [-0.25, -0.2) is 0 Å². The van der Waals surface area contributed by atoms with Crippen LogP contribution in [0, 0.1) is 13.8 Å². The summed E-state index contributed by atoms with van der Waals surface area (Å²) in [6.45, 7) is 4.10. The van der Waals surface area contributed by atoms with Crippen LogP contribution >= 0.6 is 11.8 Å². The predicted molar refractivity (Wildman–Crippen MR) is 60.9 cm³/mol. The van der Waals surface area contributed by atoms with Crippen LogP contribution in [0.5, 0.6) is 0 Å². The maximum absolute atomic E-state index is 11.5. The van der Waals surface area contributed by atoms with Crippen LogP contribution in [-0.2, 0) is 0 Å². The molecule has 1 aromatic carbocycles. The molecular formula is C11H15NOS. The SMILES string of the molecule is Cc1cccc(SC(=O)N(C)C)c1C. The van der Waals surface area contributed by atoms with Crippen molar-refractivity contribution >= 4 is 17.0 Å². The lowest BCUT2D eigenvalue weighted by molar-refractivity contribution is 0.241. The van der Waals surface area contributed by atoms with Crippen molar-refractivity contribution in [3.05, 3.63) is 29.3 Å². The molecule has 0 fully saturated rings. The summed E-state index contributed by atoms with van der Waals surface area (Å²) in [6, 6.07) is 6.02. The lowest BCUT2D eigenvalue weighted by Crippen LogP contribution is -2.16. The van der Waals surface area contributed by atoms with Crippen molar-refractivity contribution in [2.45, 2.75) is 18.7 Å². The first kappa shape index (κ1) is 11.1. The van der Waals surface area contributed by atoms with Crippen molar-refractivity contribution in [3.63, 3.8) is 0 Å². The number of aryl methyl sites for hydroxylation is 1. The van der Waals surface area contributed by atoms with E-state index in [1.807, 2.05) is 19.1 Å². The topological polar surface area (TPSA) is 20.3 Å². The van der Waals surface area contributed by atoms with E-state index in [9.17, 15) is 4.79 Å². The Balaban J connectivity index is 2.87. The minimum Gasteiger partial charge on any atom is -0.339 e. The zero-order valence-electron chi connectivity index (χ0n) is 9.00. The highest BCUT2D eigenvalue weighted by atomic mass is 32.2. The lowest BCUT2D eigenvalue weighted by Gasteiger charge is -2.11. The van der Waals surface area contributed by atoms with Crippen LogP contribution < -0.4 is 0 Å². The second-order valence-corrected chi connectivity index (χ2v) is 4.45. The molecule has 0 atom stereocenters. The Morgan fingerprint density at radius 2 is 1.93 bits per heavy atom. The summed E-state index contributed by atoms with van der Waals surface area (Å²) in [4.78, 5) is 14.1. The third kappa shape index (κ3) is 2.51. The summed E-state index contributed by atoms with van der Waals surface area (Å²) in [6.07, 6.45) is 0. The molecule has 0 saturated heterocycles. The van der Waals surface area contributed by atoms with Crippen LogP contribution in [-0.4, -0.2) is 24.2 Å². The Kier molecular flexibility index (Phi) is 3.58. The van der Waals surface area contributed by atoms with Crippen molar-refractivity contribution in [1.82, 2.24) is 4.90 Å². The van der Waals surface area contributed by atoms with Gasteiger partial charge in [0.1, 0.15) is 0 Å². The maximum Gasteiger partial charge on any atom is 0.285 e. The fourth-order valence-electron chi connectivity index (χ4n) is 1.02. The minimum absolute atomic E-state index is 0.0682. The number of carbonyl (C=O) groups is 1. The molecule has 0 heterocycles. The van der Waals surface area contributed by atoms with E-state index in [2.05, 4.69) is 13.0 Å². The molecule has 1 rings (SSSR count). The van der Waals surface area contributed by atoms with E-state index < -0.39 is 0 Å². The van der Waals surface area contributed by atoms with Crippen LogP contribution in [0.25, 0.3) is 0 Å². The molecule has 0 aliphatic heterocycles.